The second kappa shape index (κ2) is 7.49. The van der Waals surface area contributed by atoms with Gasteiger partial charge in [-0.05, 0) is 30.2 Å². The predicted octanol–water partition coefficient (Wildman–Crippen LogP) is 2.18. The molecule has 0 aromatic heterocycles. The number of carboxylic acids is 1. The van der Waals surface area contributed by atoms with Gasteiger partial charge in [0.25, 0.3) is 11.8 Å². The minimum absolute atomic E-state index is 0.0453. The number of carbonyl (C=O) groups is 3. The first-order chi connectivity index (χ1) is 13.0. The molecule has 7 heteroatoms. The topological polar surface area (TPSA) is 105 Å². The van der Waals surface area contributed by atoms with Gasteiger partial charge in [-0.15, -0.1) is 0 Å². The molecule has 1 atom stereocenters. The van der Waals surface area contributed by atoms with Crippen molar-refractivity contribution in [2.45, 2.75) is 18.8 Å². The Morgan fingerprint density at radius 1 is 1.22 bits per heavy atom. The number of hydrogen-bond acceptors (Lipinski definition) is 4. The first-order valence-corrected chi connectivity index (χ1v) is 8.60. The summed E-state index contributed by atoms with van der Waals surface area (Å²) in [6.45, 7) is 1.63. The molecule has 0 bridgehead atoms. The van der Waals surface area contributed by atoms with Crippen molar-refractivity contribution in [2.24, 2.45) is 0 Å². The molecule has 3 N–H and O–H groups in total. The maximum absolute atomic E-state index is 12.6. The zero-order valence-electron chi connectivity index (χ0n) is 14.8. The van der Waals surface area contributed by atoms with Crippen LogP contribution in [0.15, 0.2) is 48.5 Å². The van der Waals surface area contributed by atoms with E-state index in [-0.39, 0.29) is 19.1 Å². The maximum atomic E-state index is 12.6. The molecular weight excluding hydrogens is 348 g/mol. The molecule has 0 aliphatic carbocycles. The summed E-state index contributed by atoms with van der Waals surface area (Å²) in [5.74, 6) is -1.25. The Hall–Kier alpha value is -3.35. The molecule has 7 nitrogen and oxygen atoms in total. The van der Waals surface area contributed by atoms with Crippen molar-refractivity contribution >= 4 is 23.5 Å². The number of carbonyl (C=O) groups excluding carboxylic acids is 2. The number of ether oxygens (including phenoxy) is 1. The number of nitrogens with one attached hydrogen (secondary N) is 2. The summed E-state index contributed by atoms with van der Waals surface area (Å²) in [6.07, 6.45) is 0.325. The van der Waals surface area contributed by atoms with Crippen LogP contribution in [0, 0.1) is 0 Å². The fourth-order valence-corrected chi connectivity index (χ4v) is 3.09. The van der Waals surface area contributed by atoms with Crippen molar-refractivity contribution in [3.63, 3.8) is 0 Å². The van der Waals surface area contributed by atoms with E-state index in [0.717, 1.165) is 0 Å². The van der Waals surface area contributed by atoms with E-state index in [9.17, 15) is 19.5 Å². The van der Waals surface area contributed by atoms with Crippen molar-refractivity contribution in [3.8, 4) is 5.75 Å². The van der Waals surface area contributed by atoms with Gasteiger partial charge >= 0.3 is 5.97 Å². The van der Waals surface area contributed by atoms with Crippen LogP contribution < -0.4 is 15.4 Å². The lowest BCUT2D eigenvalue weighted by molar-refractivity contribution is -0.143. The van der Waals surface area contributed by atoms with Gasteiger partial charge in [0, 0.05) is 12.1 Å². The van der Waals surface area contributed by atoms with Crippen molar-refractivity contribution in [1.82, 2.24) is 5.32 Å². The Labute approximate surface area is 156 Å². The first-order valence-electron chi connectivity index (χ1n) is 8.60. The molecule has 0 saturated carbocycles. The highest BCUT2D eigenvalue weighted by molar-refractivity contribution is 5.99. The number of fused-ring (bicyclic) bond motifs is 1. The molecule has 1 aliphatic heterocycles. The number of amides is 2. The number of benzene rings is 2. The van der Waals surface area contributed by atoms with Gasteiger partial charge in [0.05, 0.1) is 5.69 Å². The van der Waals surface area contributed by atoms with Crippen LogP contribution in [-0.2, 0) is 15.0 Å². The Morgan fingerprint density at radius 2 is 1.96 bits per heavy atom. The van der Waals surface area contributed by atoms with Gasteiger partial charge < -0.3 is 20.5 Å². The molecule has 0 radical (unpaired) electrons. The molecule has 2 amide bonds. The lowest BCUT2D eigenvalue weighted by atomic mass is 9.78. The van der Waals surface area contributed by atoms with Crippen LogP contribution in [0.5, 0.6) is 5.75 Å². The van der Waals surface area contributed by atoms with E-state index in [1.807, 2.05) is 6.07 Å². The van der Waals surface area contributed by atoms with E-state index in [2.05, 4.69) is 10.6 Å². The van der Waals surface area contributed by atoms with Crippen LogP contribution in [0.2, 0.25) is 0 Å². The van der Waals surface area contributed by atoms with E-state index in [1.54, 1.807) is 43.3 Å². The van der Waals surface area contributed by atoms with Crippen molar-refractivity contribution < 1.29 is 24.2 Å². The van der Waals surface area contributed by atoms with Gasteiger partial charge in [0.2, 0.25) is 0 Å². The first kappa shape index (κ1) is 18.4. The van der Waals surface area contributed by atoms with E-state index < -0.39 is 17.3 Å². The van der Waals surface area contributed by atoms with Crippen molar-refractivity contribution in [1.29, 1.82) is 0 Å². The zero-order chi connectivity index (χ0) is 19.4. The van der Waals surface area contributed by atoms with Crippen molar-refractivity contribution in [3.05, 3.63) is 59.7 Å². The summed E-state index contributed by atoms with van der Waals surface area (Å²) in [5.41, 5.74) is 0.251. The highest BCUT2D eigenvalue weighted by Crippen LogP contribution is 2.30. The molecule has 1 unspecified atom stereocenters. The molecule has 0 fully saturated rings. The van der Waals surface area contributed by atoms with Gasteiger partial charge in [-0.1, -0.05) is 37.3 Å². The summed E-state index contributed by atoms with van der Waals surface area (Å²) in [4.78, 5) is 35.9. The average molecular weight is 368 g/mol. The van der Waals surface area contributed by atoms with Gasteiger partial charge in [-0.3, -0.25) is 14.4 Å². The number of aliphatic carboxylic acids is 1. The van der Waals surface area contributed by atoms with E-state index in [0.29, 0.717) is 29.0 Å². The normalized spacial score (nSPS) is 14.9. The molecule has 1 heterocycles. The fourth-order valence-electron chi connectivity index (χ4n) is 3.09. The van der Waals surface area contributed by atoms with Crippen LogP contribution in [0.3, 0.4) is 0 Å². The monoisotopic (exact) mass is 368 g/mol. The smallest absolute Gasteiger partial charge is 0.315 e. The third-order valence-corrected chi connectivity index (χ3v) is 4.77. The standard InChI is InChI=1S/C20H20N2O5/c1-2-20(19(25)26,14-6-4-3-5-7-14)12-21-18(24)13-8-9-15-16(10-13)27-11-17(23)22-15/h3-10H,2,11-12H2,1H3,(H,21,24)(H,22,23)(H,25,26). The molecule has 2 aromatic carbocycles. The number of anilines is 1. The van der Waals surface area contributed by atoms with E-state index >= 15 is 0 Å². The molecule has 2 aromatic rings. The van der Waals surface area contributed by atoms with Gasteiger partial charge in [-0.2, -0.15) is 0 Å². The average Bonchev–Trinajstić information content (AvgIpc) is 2.68. The van der Waals surface area contributed by atoms with Gasteiger partial charge in [-0.25, -0.2) is 0 Å². The second-order valence-electron chi connectivity index (χ2n) is 6.34. The zero-order valence-corrected chi connectivity index (χ0v) is 14.8. The minimum Gasteiger partial charge on any atom is -0.482 e. The number of hydrogen-bond donors (Lipinski definition) is 3. The third-order valence-electron chi connectivity index (χ3n) is 4.77. The van der Waals surface area contributed by atoms with Crippen LogP contribution in [0.25, 0.3) is 0 Å². The van der Waals surface area contributed by atoms with Crippen LogP contribution >= 0.6 is 0 Å². The van der Waals surface area contributed by atoms with Crippen LogP contribution in [0.1, 0.15) is 29.3 Å². The number of carboxylic acid groups (broad SMARTS) is 1. The largest absolute Gasteiger partial charge is 0.482 e. The summed E-state index contributed by atoms with van der Waals surface area (Å²) < 4.78 is 5.31. The predicted molar refractivity (Wildman–Crippen MR) is 98.9 cm³/mol. The van der Waals surface area contributed by atoms with Gasteiger partial charge in [0.1, 0.15) is 11.2 Å². The quantitative estimate of drug-likeness (QED) is 0.725. The van der Waals surface area contributed by atoms with Crippen LogP contribution in [0.4, 0.5) is 5.69 Å². The molecular formula is C20H20N2O5. The lowest BCUT2D eigenvalue weighted by Crippen LogP contribution is -2.46. The van der Waals surface area contributed by atoms with Crippen LogP contribution in [-0.4, -0.2) is 36.0 Å². The van der Waals surface area contributed by atoms with Gasteiger partial charge in [0.15, 0.2) is 6.61 Å². The molecule has 0 saturated heterocycles. The highest BCUT2D eigenvalue weighted by atomic mass is 16.5. The summed E-state index contributed by atoms with van der Waals surface area (Å²) in [5, 5.41) is 15.2. The molecule has 27 heavy (non-hydrogen) atoms. The van der Waals surface area contributed by atoms with E-state index in [1.165, 1.54) is 6.07 Å². The summed E-state index contributed by atoms with van der Waals surface area (Å²) in [6, 6.07) is 13.5. The molecule has 3 rings (SSSR count). The highest BCUT2D eigenvalue weighted by Gasteiger charge is 2.39. The lowest BCUT2D eigenvalue weighted by Gasteiger charge is -2.29. The summed E-state index contributed by atoms with van der Waals surface area (Å²) in [7, 11) is 0. The molecule has 140 valence electrons. The fraction of sp³-hybridized carbons (Fsp3) is 0.250. The van der Waals surface area contributed by atoms with E-state index in [4.69, 9.17) is 4.74 Å². The Balaban J connectivity index is 1.79. The Morgan fingerprint density at radius 3 is 2.63 bits per heavy atom. The Bertz CT molecular complexity index is 881. The SMILES string of the molecule is CCC(CNC(=O)c1ccc2c(c1)OCC(=O)N2)(C(=O)O)c1ccccc1. The summed E-state index contributed by atoms with van der Waals surface area (Å²) >= 11 is 0. The van der Waals surface area contributed by atoms with Crippen molar-refractivity contribution in [2.75, 3.05) is 18.5 Å². The Kier molecular flexibility index (Phi) is 5.12. The third kappa shape index (κ3) is 3.62. The number of rotatable bonds is 6. The molecule has 0 spiro atoms. The maximum Gasteiger partial charge on any atom is 0.315 e. The molecule has 1 aliphatic rings. The minimum atomic E-state index is -1.21. The second-order valence-corrected chi connectivity index (χ2v) is 6.34.